The summed E-state index contributed by atoms with van der Waals surface area (Å²) < 4.78 is 13.1. The lowest BCUT2D eigenvalue weighted by Gasteiger charge is -2.08. The van der Waals surface area contributed by atoms with Gasteiger partial charge in [-0.25, -0.2) is 4.39 Å². The summed E-state index contributed by atoms with van der Waals surface area (Å²) in [5.41, 5.74) is 6.03. The number of hydrogen-bond donors (Lipinski definition) is 2. The highest BCUT2D eigenvalue weighted by atomic mass is 19.1. The molecular weight excluding hydrogens is 183 g/mol. The minimum absolute atomic E-state index is 0.0411. The molecule has 0 spiro atoms. The largest absolute Gasteiger partial charge is 0.326 e. The molecule has 74 valence electrons. The Hall–Kier alpha value is -1.68. The Morgan fingerprint density at radius 3 is 2.93 bits per heavy atom. The maximum absolute atomic E-state index is 13.1. The molecule has 0 unspecified atom stereocenters. The molecule has 0 heterocycles. The van der Waals surface area contributed by atoms with Gasteiger partial charge in [0.1, 0.15) is 5.82 Å². The molecule has 0 bridgehead atoms. The van der Waals surface area contributed by atoms with Crippen molar-refractivity contribution in [2.45, 2.75) is 6.54 Å². The van der Waals surface area contributed by atoms with E-state index in [2.05, 4.69) is 11.9 Å². The van der Waals surface area contributed by atoms with Gasteiger partial charge in [-0.15, -0.1) is 0 Å². The second-order valence-corrected chi connectivity index (χ2v) is 2.66. The van der Waals surface area contributed by atoms with Gasteiger partial charge < -0.3 is 11.1 Å². The van der Waals surface area contributed by atoms with E-state index in [0.717, 1.165) is 6.08 Å². The number of halogens is 1. The van der Waals surface area contributed by atoms with E-state index in [1.165, 1.54) is 12.1 Å². The van der Waals surface area contributed by atoms with Gasteiger partial charge in [-0.3, -0.25) is 4.79 Å². The van der Waals surface area contributed by atoms with Crippen LogP contribution in [-0.4, -0.2) is 5.91 Å². The predicted octanol–water partition coefficient (Wildman–Crippen LogP) is 1.41. The van der Waals surface area contributed by atoms with Crippen LogP contribution in [0.5, 0.6) is 0 Å². The van der Waals surface area contributed by atoms with Crippen LogP contribution in [-0.2, 0) is 11.3 Å². The van der Waals surface area contributed by atoms with Crippen LogP contribution < -0.4 is 11.1 Å². The second-order valence-electron chi connectivity index (χ2n) is 2.66. The summed E-state index contributed by atoms with van der Waals surface area (Å²) >= 11 is 0. The van der Waals surface area contributed by atoms with Crippen molar-refractivity contribution in [2.75, 3.05) is 5.32 Å². The number of carbonyl (C=O) groups excluding carboxylic acids is 1. The molecule has 3 nitrogen and oxygen atoms in total. The predicted molar refractivity (Wildman–Crippen MR) is 53.1 cm³/mol. The standard InChI is InChI=1S/C10H11FN2O/c1-2-10(14)13-9-5-3-4-8(11)7(9)6-12/h2-5H,1,6,12H2,(H,13,14). The lowest BCUT2D eigenvalue weighted by Crippen LogP contribution is -2.12. The Morgan fingerprint density at radius 2 is 2.36 bits per heavy atom. The molecule has 4 heteroatoms. The highest BCUT2D eigenvalue weighted by Crippen LogP contribution is 2.17. The minimum atomic E-state index is -0.422. The normalized spacial score (nSPS) is 9.57. The SMILES string of the molecule is C=CC(=O)Nc1cccc(F)c1CN. The number of carbonyl (C=O) groups is 1. The first-order chi connectivity index (χ1) is 6.69. The molecule has 1 amide bonds. The van der Waals surface area contributed by atoms with Crippen molar-refractivity contribution in [3.05, 3.63) is 42.2 Å². The molecule has 0 saturated carbocycles. The zero-order valence-corrected chi connectivity index (χ0v) is 7.59. The average molecular weight is 194 g/mol. The van der Waals surface area contributed by atoms with Crippen molar-refractivity contribution >= 4 is 11.6 Å². The van der Waals surface area contributed by atoms with E-state index >= 15 is 0 Å². The van der Waals surface area contributed by atoms with Gasteiger partial charge in [0, 0.05) is 17.8 Å². The molecule has 1 aromatic rings. The van der Waals surface area contributed by atoms with E-state index < -0.39 is 5.82 Å². The Bertz CT molecular complexity index is 363. The Labute approximate surface area is 81.4 Å². The lowest BCUT2D eigenvalue weighted by atomic mass is 10.1. The summed E-state index contributed by atoms with van der Waals surface area (Å²) in [5, 5.41) is 2.47. The van der Waals surface area contributed by atoms with Crippen molar-refractivity contribution in [3.63, 3.8) is 0 Å². The molecule has 0 aliphatic heterocycles. The van der Waals surface area contributed by atoms with Crippen LogP contribution in [0.15, 0.2) is 30.9 Å². The number of nitrogens with two attached hydrogens (primary N) is 1. The van der Waals surface area contributed by atoms with Crippen molar-refractivity contribution in [1.82, 2.24) is 0 Å². The van der Waals surface area contributed by atoms with E-state index in [1.54, 1.807) is 6.07 Å². The van der Waals surface area contributed by atoms with E-state index in [0.29, 0.717) is 11.3 Å². The molecule has 14 heavy (non-hydrogen) atoms. The maximum atomic E-state index is 13.1. The minimum Gasteiger partial charge on any atom is -0.326 e. The van der Waals surface area contributed by atoms with Crippen molar-refractivity contribution in [1.29, 1.82) is 0 Å². The number of nitrogens with one attached hydrogen (secondary N) is 1. The van der Waals surface area contributed by atoms with Gasteiger partial charge in [0.05, 0.1) is 0 Å². The Kier molecular flexibility index (Phi) is 3.36. The quantitative estimate of drug-likeness (QED) is 0.715. The van der Waals surface area contributed by atoms with Crippen LogP contribution in [0.1, 0.15) is 5.56 Å². The Balaban J connectivity index is 3.01. The molecule has 0 fully saturated rings. The van der Waals surface area contributed by atoms with Gasteiger partial charge in [-0.2, -0.15) is 0 Å². The molecule has 0 aliphatic carbocycles. The van der Waals surface area contributed by atoms with E-state index in [4.69, 9.17) is 5.73 Å². The van der Waals surface area contributed by atoms with Crippen LogP contribution >= 0.6 is 0 Å². The fraction of sp³-hybridized carbons (Fsp3) is 0.100. The number of amides is 1. The third-order valence-corrected chi connectivity index (χ3v) is 1.77. The number of rotatable bonds is 3. The van der Waals surface area contributed by atoms with E-state index in [1.807, 2.05) is 0 Å². The third-order valence-electron chi connectivity index (χ3n) is 1.77. The van der Waals surface area contributed by atoms with Gasteiger partial charge in [0.2, 0.25) is 5.91 Å². The average Bonchev–Trinajstić information content (AvgIpc) is 2.18. The van der Waals surface area contributed by atoms with Gasteiger partial charge in [0.15, 0.2) is 0 Å². The van der Waals surface area contributed by atoms with Crippen LogP contribution in [0.25, 0.3) is 0 Å². The molecule has 1 aromatic carbocycles. The molecule has 1 rings (SSSR count). The highest BCUT2D eigenvalue weighted by molar-refractivity contribution is 5.99. The summed E-state index contributed by atoms with van der Waals surface area (Å²) in [6.45, 7) is 3.34. The monoisotopic (exact) mass is 194 g/mol. The Morgan fingerprint density at radius 1 is 1.64 bits per heavy atom. The zero-order chi connectivity index (χ0) is 10.6. The fourth-order valence-electron chi connectivity index (χ4n) is 1.07. The maximum Gasteiger partial charge on any atom is 0.247 e. The first kappa shape index (κ1) is 10.4. The van der Waals surface area contributed by atoms with Gasteiger partial charge >= 0.3 is 0 Å². The topological polar surface area (TPSA) is 55.1 Å². The zero-order valence-electron chi connectivity index (χ0n) is 7.59. The molecule has 0 aromatic heterocycles. The number of anilines is 1. The van der Waals surface area contributed by atoms with E-state index in [-0.39, 0.29) is 12.5 Å². The molecule has 0 saturated heterocycles. The molecule has 0 atom stereocenters. The summed E-state index contributed by atoms with van der Waals surface area (Å²) in [4.78, 5) is 11.0. The molecular formula is C10H11FN2O. The molecule has 0 radical (unpaired) electrons. The van der Waals surface area contributed by atoms with Crippen LogP contribution in [0, 0.1) is 5.82 Å². The summed E-state index contributed by atoms with van der Waals surface area (Å²) in [6, 6.07) is 4.39. The number of benzene rings is 1. The van der Waals surface area contributed by atoms with Crippen LogP contribution in [0.2, 0.25) is 0 Å². The third kappa shape index (κ3) is 2.17. The smallest absolute Gasteiger partial charge is 0.247 e. The summed E-state index contributed by atoms with van der Waals surface area (Å²) in [7, 11) is 0. The number of hydrogen-bond acceptors (Lipinski definition) is 2. The van der Waals surface area contributed by atoms with Crippen molar-refractivity contribution in [2.24, 2.45) is 5.73 Å². The lowest BCUT2D eigenvalue weighted by molar-refractivity contribution is -0.111. The first-order valence-electron chi connectivity index (χ1n) is 4.10. The van der Waals surface area contributed by atoms with Gasteiger partial charge in [-0.1, -0.05) is 12.6 Å². The molecule has 0 aliphatic rings. The van der Waals surface area contributed by atoms with Gasteiger partial charge in [0.25, 0.3) is 0 Å². The molecule has 3 N–H and O–H groups in total. The second kappa shape index (κ2) is 4.53. The van der Waals surface area contributed by atoms with Crippen LogP contribution in [0.4, 0.5) is 10.1 Å². The summed E-state index contributed by atoms with van der Waals surface area (Å²) in [6.07, 6.45) is 1.12. The summed E-state index contributed by atoms with van der Waals surface area (Å²) in [5.74, 6) is -0.806. The van der Waals surface area contributed by atoms with E-state index in [9.17, 15) is 9.18 Å². The van der Waals surface area contributed by atoms with Crippen molar-refractivity contribution in [3.8, 4) is 0 Å². The van der Waals surface area contributed by atoms with Crippen molar-refractivity contribution < 1.29 is 9.18 Å². The fourth-order valence-corrected chi connectivity index (χ4v) is 1.07. The highest BCUT2D eigenvalue weighted by Gasteiger charge is 2.07. The first-order valence-corrected chi connectivity index (χ1v) is 4.10. The van der Waals surface area contributed by atoms with Gasteiger partial charge in [-0.05, 0) is 18.2 Å². The van der Waals surface area contributed by atoms with Crippen LogP contribution in [0.3, 0.4) is 0 Å².